The van der Waals surface area contributed by atoms with E-state index in [-0.39, 0.29) is 6.04 Å². The molecule has 1 aliphatic heterocycles. The van der Waals surface area contributed by atoms with Gasteiger partial charge in [-0.2, -0.15) is 0 Å². The molecule has 2 N–H and O–H groups in total. The first-order chi connectivity index (χ1) is 8.27. The van der Waals surface area contributed by atoms with E-state index in [1.807, 2.05) is 12.4 Å². The van der Waals surface area contributed by atoms with Crippen molar-refractivity contribution in [2.45, 2.75) is 24.9 Å². The fourth-order valence-electron chi connectivity index (χ4n) is 2.21. The molecule has 4 nitrogen and oxygen atoms in total. The number of likely N-dealkylation sites (N-methyl/N-ethyl adjacent to an activating group) is 1. The van der Waals surface area contributed by atoms with E-state index in [2.05, 4.69) is 29.1 Å². The minimum atomic E-state index is 0.242. The van der Waals surface area contributed by atoms with E-state index in [0.29, 0.717) is 6.04 Å². The molecule has 0 aliphatic carbocycles. The Morgan fingerprint density at radius 1 is 1.47 bits per heavy atom. The summed E-state index contributed by atoms with van der Waals surface area (Å²) in [6.07, 6.45) is 5.67. The van der Waals surface area contributed by atoms with Gasteiger partial charge in [0, 0.05) is 37.6 Å². The summed E-state index contributed by atoms with van der Waals surface area (Å²) in [7, 11) is 2.13. The summed E-state index contributed by atoms with van der Waals surface area (Å²) < 4.78 is 5.49. The smallest absolute Gasteiger partial charge is 0.0636 e. The van der Waals surface area contributed by atoms with Gasteiger partial charge >= 0.3 is 0 Å². The van der Waals surface area contributed by atoms with Crippen molar-refractivity contribution in [1.29, 1.82) is 0 Å². The van der Waals surface area contributed by atoms with Gasteiger partial charge in [0.1, 0.15) is 0 Å². The number of nitrogens with zero attached hydrogens (tertiary/aromatic N) is 2. The molecule has 0 spiro atoms. The van der Waals surface area contributed by atoms with E-state index in [4.69, 9.17) is 10.5 Å². The van der Waals surface area contributed by atoms with Crippen LogP contribution in [0.3, 0.4) is 0 Å². The van der Waals surface area contributed by atoms with Crippen LogP contribution in [0.4, 0.5) is 0 Å². The molecule has 1 aromatic rings. The fraction of sp³-hybridized carbons (Fsp3) is 0.615. The second kappa shape index (κ2) is 6.10. The molecule has 2 rings (SSSR count). The van der Waals surface area contributed by atoms with Crippen molar-refractivity contribution in [3.63, 3.8) is 0 Å². The molecule has 2 unspecified atom stereocenters. The van der Waals surface area contributed by atoms with E-state index < -0.39 is 0 Å². The average Bonchev–Trinajstić information content (AvgIpc) is 2.38. The molecule has 1 aromatic heterocycles. The van der Waals surface area contributed by atoms with Gasteiger partial charge in [-0.05, 0) is 37.6 Å². The van der Waals surface area contributed by atoms with Gasteiger partial charge in [0.05, 0.1) is 6.61 Å². The summed E-state index contributed by atoms with van der Waals surface area (Å²) in [5.41, 5.74) is 7.43. The average molecular weight is 235 g/mol. The topological polar surface area (TPSA) is 51.4 Å². The van der Waals surface area contributed by atoms with Crippen LogP contribution in [0, 0.1) is 0 Å². The van der Waals surface area contributed by atoms with Gasteiger partial charge in [-0.3, -0.25) is 9.88 Å². The van der Waals surface area contributed by atoms with Crippen molar-refractivity contribution < 1.29 is 4.74 Å². The molecule has 1 aliphatic rings. The van der Waals surface area contributed by atoms with Crippen LogP contribution in [0.15, 0.2) is 24.5 Å². The number of hydrogen-bond donors (Lipinski definition) is 1. The van der Waals surface area contributed by atoms with Crippen LogP contribution >= 0.6 is 0 Å². The number of ether oxygens (including phenoxy) is 1. The first-order valence-electron chi connectivity index (χ1n) is 6.20. The lowest BCUT2D eigenvalue weighted by Gasteiger charge is -2.35. The van der Waals surface area contributed by atoms with E-state index in [1.54, 1.807) is 0 Å². The van der Waals surface area contributed by atoms with Gasteiger partial charge < -0.3 is 10.5 Å². The molecule has 1 saturated heterocycles. The van der Waals surface area contributed by atoms with Gasteiger partial charge in [-0.1, -0.05) is 0 Å². The molecular weight excluding hydrogens is 214 g/mol. The number of hydrogen-bond acceptors (Lipinski definition) is 4. The molecule has 0 radical (unpaired) electrons. The normalized spacial score (nSPS) is 25.1. The summed E-state index contributed by atoms with van der Waals surface area (Å²) in [5.74, 6) is 0. The molecule has 2 atom stereocenters. The number of nitrogens with two attached hydrogens (primary N) is 1. The fourth-order valence-corrected chi connectivity index (χ4v) is 2.21. The van der Waals surface area contributed by atoms with E-state index in [9.17, 15) is 0 Å². The lowest BCUT2D eigenvalue weighted by atomic mass is 10.0. The third-order valence-corrected chi connectivity index (χ3v) is 3.45. The summed E-state index contributed by atoms with van der Waals surface area (Å²) in [6.45, 7) is 2.57. The Bertz CT molecular complexity index is 331. The van der Waals surface area contributed by atoms with Crippen LogP contribution in [-0.2, 0) is 11.2 Å². The Morgan fingerprint density at radius 2 is 2.24 bits per heavy atom. The highest BCUT2D eigenvalue weighted by Gasteiger charge is 2.25. The molecule has 0 aromatic carbocycles. The molecule has 4 heteroatoms. The number of rotatable bonds is 4. The molecule has 0 saturated carbocycles. The van der Waals surface area contributed by atoms with Crippen LogP contribution in [-0.4, -0.2) is 48.8 Å². The minimum Gasteiger partial charge on any atom is -0.380 e. The molecule has 1 fully saturated rings. The zero-order valence-electron chi connectivity index (χ0n) is 10.4. The first kappa shape index (κ1) is 12.5. The predicted molar refractivity (Wildman–Crippen MR) is 67.8 cm³/mol. The van der Waals surface area contributed by atoms with Crippen LogP contribution in [0.2, 0.25) is 0 Å². The molecule has 94 valence electrons. The SMILES string of the molecule is CN(CCc1ccncc1)C1COCCC1N. The van der Waals surface area contributed by atoms with Crippen molar-refractivity contribution in [2.75, 3.05) is 26.8 Å². The quantitative estimate of drug-likeness (QED) is 0.833. The summed E-state index contributed by atoms with van der Waals surface area (Å²) in [5, 5.41) is 0. The van der Waals surface area contributed by atoms with Crippen LogP contribution in [0.1, 0.15) is 12.0 Å². The molecule has 0 bridgehead atoms. The Balaban J connectivity index is 1.82. The Kier molecular flexibility index (Phi) is 4.48. The van der Waals surface area contributed by atoms with Crippen molar-refractivity contribution in [1.82, 2.24) is 9.88 Å². The van der Waals surface area contributed by atoms with Crippen LogP contribution in [0.25, 0.3) is 0 Å². The van der Waals surface area contributed by atoms with E-state index >= 15 is 0 Å². The maximum absolute atomic E-state index is 6.12. The third kappa shape index (κ3) is 3.49. The zero-order chi connectivity index (χ0) is 12.1. The highest BCUT2D eigenvalue weighted by atomic mass is 16.5. The minimum absolute atomic E-state index is 0.242. The van der Waals surface area contributed by atoms with Gasteiger partial charge in [0.2, 0.25) is 0 Å². The lowest BCUT2D eigenvalue weighted by molar-refractivity contribution is 0.0158. The van der Waals surface area contributed by atoms with Crippen molar-refractivity contribution in [2.24, 2.45) is 5.73 Å². The van der Waals surface area contributed by atoms with Crippen molar-refractivity contribution in [3.05, 3.63) is 30.1 Å². The predicted octanol–water partition coefficient (Wildman–Crippen LogP) is 0.672. The molecule has 2 heterocycles. The molecule has 17 heavy (non-hydrogen) atoms. The van der Waals surface area contributed by atoms with Gasteiger partial charge in [0.25, 0.3) is 0 Å². The second-order valence-electron chi connectivity index (χ2n) is 4.68. The van der Waals surface area contributed by atoms with Crippen molar-refractivity contribution in [3.8, 4) is 0 Å². The monoisotopic (exact) mass is 235 g/mol. The van der Waals surface area contributed by atoms with E-state index in [1.165, 1.54) is 5.56 Å². The Morgan fingerprint density at radius 3 is 2.94 bits per heavy atom. The summed E-state index contributed by atoms with van der Waals surface area (Å²) >= 11 is 0. The maximum Gasteiger partial charge on any atom is 0.0636 e. The first-order valence-corrected chi connectivity index (χ1v) is 6.20. The van der Waals surface area contributed by atoms with Crippen LogP contribution in [0.5, 0.6) is 0 Å². The summed E-state index contributed by atoms with van der Waals surface area (Å²) in [4.78, 5) is 6.33. The lowest BCUT2D eigenvalue weighted by Crippen LogP contribution is -2.52. The van der Waals surface area contributed by atoms with Gasteiger partial charge in [-0.25, -0.2) is 0 Å². The standard InChI is InChI=1S/C13H21N3O/c1-16(13-10-17-9-5-12(13)14)8-4-11-2-6-15-7-3-11/h2-3,6-7,12-13H,4-5,8-10,14H2,1H3. The zero-order valence-corrected chi connectivity index (χ0v) is 10.4. The van der Waals surface area contributed by atoms with Crippen molar-refractivity contribution >= 4 is 0 Å². The Labute approximate surface area is 103 Å². The van der Waals surface area contributed by atoms with Gasteiger partial charge in [0.15, 0.2) is 0 Å². The van der Waals surface area contributed by atoms with Gasteiger partial charge in [-0.15, -0.1) is 0 Å². The molecule has 0 amide bonds. The third-order valence-electron chi connectivity index (χ3n) is 3.45. The molecular formula is C13H21N3O. The highest BCUT2D eigenvalue weighted by Crippen LogP contribution is 2.11. The number of pyridine rings is 1. The maximum atomic E-state index is 6.12. The largest absolute Gasteiger partial charge is 0.380 e. The van der Waals surface area contributed by atoms with Crippen LogP contribution < -0.4 is 5.73 Å². The summed E-state index contributed by atoms with van der Waals surface area (Å²) in [6, 6.07) is 4.72. The number of aromatic nitrogens is 1. The Hall–Kier alpha value is -0.970. The second-order valence-corrected chi connectivity index (χ2v) is 4.68. The van der Waals surface area contributed by atoms with E-state index in [0.717, 1.165) is 32.6 Å². The highest BCUT2D eigenvalue weighted by molar-refractivity contribution is 5.10.